The number of pyridine rings is 1. The number of nitrogens with zero attached hydrogens (tertiary/aromatic N) is 4. The summed E-state index contributed by atoms with van der Waals surface area (Å²) in [5.74, 6) is -0.697. The second kappa shape index (κ2) is 7.80. The molecule has 0 bridgehead atoms. The Morgan fingerprint density at radius 2 is 1.96 bits per heavy atom. The molecule has 0 radical (unpaired) electrons. The molecule has 3 N–H and O–H groups in total. The molecule has 0 aliphatic rings. The summed E-state index contributed by atoms with van der Waals surface area (Å²) < 4.78 is 28.0. The molecule has 0 unspecified atom stereocenters. The molecule has 0 spiro atoms. The van der Waals surface area contributed by atoms with E-state index in [-0.39, 0.29) is 10.6 Å². The third kappa shape index (κ3) is 4.27. The highest BCUT2D eigenvalue weighted by molar-refractivity contribution is 7.99. The van der Waals surface area contributed by atoms with Crippen LogP contribution in [0.15, 0.2) is 28.4 Å². The minimum atomic E-state index is -3.63. The Hall–Kier alpha value is -2.18. The van der Waals surface area contributed by atoms with Crippen LogP contribution in [0.25, 0.3) is 5.65 Å². The number of hydrogen-bond donors (Lipinski definition) is 2. The van der Waals surface area contributed by atoms with Gasteiger partial charge in [-0.3, -0.25) is 14.5 Å². The Bertz CT molecular complexity index is 891. The van der Waals surface area contributed by atoms with Crippen LogP contribution in [0.2, 0.25) is 0 Å². The summed E-state index contributed by atoms with van der Waals surface area (Å²) in [4.78, 5) is 22.2. The van der Waals surface area contributed by atoms with Gasteiger partial charge in [-0.2, -0.15) is 4.31 Å². The van der Waals surface area contributed by atoms with Gasteiger partial charge in [0.15, 0.2) is 10.8 Å². The fraction of sp³-hybridized carbons (Fsp3) is 0.385. The molecular formula is C13H18N6O4S2. The third-order valence-corrected chi connectivity index (χ3v) is 6.26. The first-order chi connectivity index (χ1) is 11.8. The number of thioether (sulfide) groups is 1. The van der Waals surface area contributed by atoms with Crippen molar-refractivity contribution in [3.8, 4) is 0 Å². The van der Waals surface area contributed by atoms with Crippen molar-refractivity contribution < 1.29 is 18.0 Å². The van der Waals surface area contributed by atoms with Crippen molar-refractivity contribution in [2.75, 3.05) is 18.8 Å². The molecule has 2 heterocycles. The zero-order valence-corrected chi connectivity index (χ0v) is 15.3. The summed E-state index contributed by atoms with van der Waals surface area (Å²) >= 11 is 1.01. The van der Waals surface area contributed by atoms with E-state index in [2.05, 4.69) is 10.2 Å². The number of nitrogens with one attached hydrogen (secondary N) is 1. The fourth-order valence-corrected chi connectivity index (χ4v) is 4.29. The van der Waals surface area contributed by atoms with Crippen molar-refractivity contribution in [2.45, 2.75) is 23.9 Å². The van der Waals surface area contributed by atoms with Crippen LogP contribution in [-0.2, 0) is 14.8 Å². The molecule has 0 fully saturated rings. The summed E-state index contributed by atoms with van der Waals surface area (Å²) in [6.07, 6.45) is 1.41. The zero-order chi connectivity index (χ0) is 18.6. The molecule has 2 rings (SSSR count). The third-order valence-electron chi connectivity index (χ3n) is 3.28. The quantitative estimate of drug-likeness (QED) is 0.641. The Balaban J connectivity index is 2.30. The van der Waals surface area contributed by atoms with E-state index in [1.54, 1.807) is 13.8 Å². The maximum absolute atomic E-state index is 12.6. The van der Waals surface area contributed by atoms with Crippen LogP contribution < -0.4 is 11.1 Å². The average molecular weight is 386 g/mol. The van der Waals surface area contributed by atoms with Gasteiger partial charge in [-0.05, 0) is 12.1 Å². The van der Waals surface area contributed by atoms with E-state index in [0.717, 1.165) is 11.8 Å². The number of amides is 3. The van der Waals surface area contributed by atoms with Crippen LogP contribution >= 0.6 is 11.8 Å². The first-order valence-corrected chi connectivity index (χ1v) is 9.79. The normalized spacial score (nSPS) is 11.8. The summed E-state index contributed by atoms with van der Waals surface area (Å²) in [6.45, 7) is 4.23. The SMILES string of the molecule is CCN(CC)S(=O)(=O)c1ccc2nnc(SCC(=O)NC(N)=O)n2c1. The lowest BCUT2D eigenvalue weighted by Crippen LogP contribution is -2.36. The number of fused-ring (bicyclic) bond motifs is 1. The van der Waals surface area contributed by atoms with Gasteiger partial charge in [-0.1, -0.05) is 25.6 Å². The van der Waals surface area contributed by atoms with Gasteiger partial charge in [0.25, 0.3) is 0 Å². The molecule has 0 aliphatic heterocycles. The van der Waals surface area contributed by atoms with E-state index in [9.17, 15) is 18.0 Å². The Morgan fingerprint density at radius 3 is 2.56 bits per heavy atom. The predicted octanol–water partition coefficient (Wildman–Crippen LogP) is 0.0468. The number of carbonyl (C=O) groups excluding carboxylic acids is 2. The maximum atomic E-state index is 12.6. The van der Waals surface area contributed by atoms with Gasteiger partial charge in [-0.15, -0.1) is 10.2 Å². The summed E-state index contributed by atoms with van der Waals surface area (Å²) in [5.41, 5.74) is 5.31. The van der Waals surface area contributed by atoms with E-state index in [1.165, 1.54) is 27.0 Å². The highest BCUT2D eigenvalue weighted by Gasteiger charge is 2.23. The number of nitrogens with two attached hydrogens (primary N) is 1. The number of urea groups is 1. The molecule has 0 atom stereocenters. The smallest absolute Gasteiger partial charge is 0.318 e. The van der Waals surface area contributed by atoms with Crippen molar-refractivity contribution in [2.24, 2.45) is 5.73 Å². The number of primary amides is 1. The molecule has 0 aromatic carbocycles. The van der Waals surface area contributed by atoms with Crippen LogP contribution in [0.3, 0.4) is 0 Å². The first kappa shape index (κ1) is 19.1. The van der Waals surface area contributed by atoms with Crippen LogP contribution in [0.5, 0.6) is 0 Å². The molecular weight excluding hydrogens is 368 g/mol. The standard InChI is InChI=1S/C13H18N6O4S2/c1-3-18(4-2)25(22,23)9-5-6-10-16-17-13(19(10)7-9)24-8-11(20)15-12(14)21/h5-7H,3-4,8H2,1-2H3,(H3,14,15,20,21). The van der Waals surface area contributed by atoms with Crippen LogP contribution in [0.1, 0.15) is 13.8 Å². The molecule has 3 amide bonds. The molecule has 25 heavy (non-hydrogen) atoms. The second-order valence-electron chi connectivity index (χ2n) is 4.87. The molecule has 2 aromatic heterocycles. The highest BCUT2D eigenvalue weighted by atomic mass is 32.2. The predicted molar refractivity (Wildman–Crippen MR) is 91.5 cm³/mol. The first-order valence-electron chi connectivity index (χ1n) is 7.36. The molecule has 2 aromatic rings. The van der Waals surface area contributed by atoms with Crippen LogP contribution in [-0.4, -0.2) is 58.1 Å². The largest absolute Gasteiger partial charge is 0.351 e. The molecule has 0 saturated carbocycles. The van der Waals surface area contributed by atoms with Gasteiger partial charge in [0.2, 0.25) is 15.9 Å². The number of aromatic nitrogens is 3. The number of carbonyl (C=O) groups is 2. The van der Waals surface area contributed by atoms with Gasteiger partial charge in [-0.25, -0.2) is 13.2 Å². The average Bonchev–Trinajstić information content (AvgIpc) is 2.95. The van der Waals surface area contributed by atoms with Crippen molar-refractivity contribution in [3.05, 3.63) is 18.3 Å². The van der Waals surface area contributed by atoms with E-state index < -0.39 is 22.0 Å². The molecule has 0 aliphatic carbocycles. The van der Waals surface area contributed by atoms with Crippen LogP contribution in [0.4, 0.5) is 4.79 Å². The molecule has 0 saturated heterocycles. The number of hydrogen-bond acceptors (Lipinski definition) is 7. The molecule has 10 nitrogen and oxygen atoms in total. The van der Waals surface area contributed by atoms with E-state index >= 15 is 0 Å². The van der Waals surface area contributed by atoms with Gasteiger partial charge < -0.3 is 5.73 Å². The van der Waals surface area contributed by atoms with Crippen molar-refractivity contribution in [3.63, 3.8) is 0 Å². The molecule has 12 heteroatoms. The van der Waals surface area contributed by atoms with E-state index in [0.29, 0.717) is 23.9 Å². The monoisotopic (exact) mass is 386 g/mol. The van der Waals surface area contributed by atoms with Gasteiger partial charge in [0, 0.05) is 19.3 Å². The molecule has 136 valence electrons. The second-order valence-corrected chi connectivity index (χ2v) is 7.75. The van der Waals surface area contributed by atoms with E-state index in [1.807, 2.05) is 5.32 Å². The van der Waals surface area contributed by atoms with Gasteiger partial charge >= 0.3 is 6.03 Å². The number of sulfonamides is 1. The van der Waals surface area contributed by atoms with Crippen molar-refractivity contribution >= 4 is 39.4 Å². The summed E-state index contributed by atoms with van der Waals surface area (Å²) in [6, 6.07) is 2.06. The zero-order valence-electron chi connectivity index (χ0n) is 13.7. The lowest BCUT2D eigenvalue weighted by Gasteiger charge is -2.18. The minimum absolute atomic E-state index is 0.104. The minimum Gasteiger partial charge on any atom is -0.351 e. The van der Waals surface area contributed by atoms with Gasteiger partial charge in [0.1, 0.15) is 0 Å². The number of rotatable bonds is 7. The maximum Gasteiger partial charge on any atom is 0.318 e. The topological polar surface area (TPSA) is 140 Å². The Morgan fingerprint density at radius 1 is 1.28 bits per heavy atom. The van der Waals surface area contributed by atoms with E-state index in [4.69, 9.17) is 5.73 Å². The van der Waals surface area contributed by atoms with Gasteiger partial charge in [0.05, 0.1) is 10.6 Å². The fourth-order valence-electron chi connectivity index (χ4n) is 2.12. The highest BCUT2D eigenvalue weighted by Crippen LogP contribution is 2.21. The summed E-state index contributed by atoms with van der Waals surface area (Å²) in [5, 5.41) is 10.1. The Kier molecular flexibility index (Phi) is 5.98. The Labute approximate surface area is 148 Å². The van der Waals surface area contributed by atoms with Crippen molar-refractivity contribution in [1.29, 1.82) is 0 Å². The van der Waals surface area contributed by atoms with Crippen LogP contribution in [0, 0.1) is 0 Å². The number of imide groups is 1. The summed E-state index contributed by atoms with van der Waals surface area (Å²) in [7, 11) is -3.63. The lowest BCUT2D eigenvalue weighted by molar-refractivity contribution is -0.117. The van der Waals surface area contributed by atoms with Crippen molar-refractivity contribution in [1.82, 2.24) is 24.2 Å². The lowest BCUT2D eigenvalue weighted by atomic mass is 10.5.